The van der Waals surface area contributed by atoms with Crippen LogP contribution in [-0.2, 0) is 6.18 Å². The number of anilines is 2. The van der Waals surface area contributed by atoms with Crippen LogP contribution in [0.1, 0.15) is 12.0 Å². The van der Waals surface area contributed by atoms with E-state index in [4.69, 9.17) is 4.74 Å². The average Bonchev–Trinajstić information content (AvgIpc) is 3.18. The molecule has 0 aliphatic carbocycles. The van der Waals surface area contributed by atoms with Crippen molar-refractivity contribution in [1.82, 2.24) is 4.98 Å². The molecule has 2 aliphatic heterocycles. The molecule has 158 valence electrons. The van der Waals surface area contributed by atoms with Gasteiger partial charge in [0.05, 0.1) is 23.0 Å². The first-order valence-corrected chi connectivity index (χ1v) is 9.90. The second-order valence-corrected chi connectivity index (χ2v) is 7.56. The number of fused-ring (bicyclic) bond motifs is 4. The number of benzene rings is 2. The molecule has 0 N–H and O–H groups in total. The van der Waals surface area contributed by atoms with E-state index in [0.717, 1.165) is 30.8 Å². The van der Waals surface area contributed by atoms with Crippen LogP contribution >= 0.6 is 0 Å². The van der Waals surface area contributed by atoms with Gasteiger partial charge < -0.3 is 9.64 Å². The van der Waals surface area contributed by atoms with Crippen LogP contribution < -0.4 is 14.5 Å². The Morgan fingerprint density at radius 3 is 2.61 bits per heavy atom. The molecule has 8 heteroatoms. The van der Waals surface area contributed by atoms with Crippen molar-refractivity contribution >= 4 is 17.6 Å². The Morgan fingerprint density at radius 1 is 1.03 bits per heavy atom. The molecule has 5 rings (SSSR count). The average molecular weight is 425 g/mol. The molecule has 0 radical (unpaired) electrons. The molecule has 3 aromatic rings. The van der Waals surface area contributed by atoms with Crippen LogP contribution in [0.25, 0.3) is 11.3 Å². The van der Waals surface area contributed by atoms with Crippen LogP contribution in [0.4, 0.5) is 29.5 Å². The summed E-state index contributed by atoms with van der Waals surface area (Å²) in [5, 5.41) is 0. The van der Waals surface area contributed by atoms with E-state index in [0.29, 0.717) is 29.4 Å². The van der Waals surface area contributed by atoms with E-state index in [2.05, 4.69) is 9.88 Å². The van der Waals surface area contributed by atoms with Gasteiger partial charge in [-0.3, -0.25) is 4.90 Å². The second-order valence-electron chi connectivity index (χ2n) is 7.56. The highest BCUT2D eigenvalue weighted by atomic mass is 19.4. The van der Waals surface area contributed by atoms with E-state index >= 15 is 0 Å². The van der Waals surface area contributed by atoms with Crippen molar-refractivity contribution in [1.29, 1.82) is 0 Å². The van der Waals surface area contributed by atoms with Crippen LogP contribution in [0, 0.1) is 0 Å². The Morgan fingerprint density at radius 2 is 1.84 bits per heavy atom. The molecule has 1 atom stereocenters. The third-order valence-electron chi connectivity index (χ3n) is 5.58. The molecule has 0 saturated carbocycles. The lowest BCUT2D eigenvalue weighted by atomic mass is 10.1. The lowest BCUT2D eigenvalue weighted by Crippen LogP contribution is -2.47. The van der Waals surface area contributed by atoms with Crippen molar-refractivity contribution in [2.24, 2.45) is 0 Å². The Labute approximate surface area is 176 Å². The predicted molar refractivity (Wildman–Crippen MR) is 110 cm³/mol. The van der Waals surface area contributed by atoms with Crippen LogP contribution in [-0.4, -0.2) is 30.2 Å². The Kier molecular flexibility index (Phi) is 4.57. The quantitative estimate of drug-likeness (QED) is 0.554. The lowest BCUT2D eigenvalue weighted by Gasteiger charge is -2.35. The van der Waals surface area contributed by atoms with Gasteiger partial charge in [-0.25, -0.2) is 9.78 Å². The van der Waals surface area contributed by atoms with Gasteiger partial charge in [-0.15, -0.1) is 0 Å². The van der Waals surface area contributed by atoms with Crippen molar-refractivity contribution in [3.05, 3.63) is 72.3 Å². The minimum atomic E-state index is -4.44. The SMILES string of the molecule is O=C(Oc1ccccc1)N1c2nc(-c3cccc(C(F)(F)F)c3)ccc2N2CC[C@H]1C2. The van der Waals surface area contributed by atoms with Gasteiger partial charge in [-0.2, -0.15) is 13.2 Å². The van der Waals surface area contributed by atoms with Crippen molar-refractivity contribution in [2.45, 2.75) is 18.6 Å². The van der Waals surface area contributed by atoms with Crippen LogP contribution in [0.15, 0.2) is 66.7 Å². The molecule has 5 nitrogen and oxygen atoms in total. The van der Waals surface area contributed by atoms with Crippen molar-refractivity contribution in [2.75, 3.05) is 22.9 Å². The molecule has 2 aliphatic rings. The number of alkyl halides is 3. The number of nitrogens with zero attached hydrogens (tertiary/aromatic N) is 3. The molecule has 2 bridgehead atoms. The van der Waals surface area contributed by atoms with Crippen molar-refractivity contribution in [3.8, 4) is 17.0 Å². The first-order valence-electron chi connectivity index (χ1n) is 9.90. The van der Waals surface area contributed by atoms with Gasteiger partial charge in [0.2, 0.25) is 0 Å². The molecular formula is C23H18F3N3O2. The fourth-order valence-corrected chi connectivity index (χ4v) is 4.10. The highest BCUT2D eigenvalue weighted by Gasteiger charge is 2.41. The fourth-order valence-electron chi connectivity index (χ4n) is 4.10. The summed E-state index contributed by atoms with van der Waals surface area (Å²) < 4.78 is 45.0. The number of carbonyl (C=O) groups excluding carboxylic acids is 1. The number of pyridine rings is 1. The number of hydrogen-bond donors (Lipinski definition) is 0. The van der Waals surface area contributed by atoms with E-state index in [-0.39, 0.29) is 6.04 Å². The Hall–Kier alpha value is -3.55. The minimum Gasteiger partial charge on any atom is -0.410 e. The smallest absolute Gasteiger partial charge is 0.410 e. The molecule has 1 aromatic heterocycles. The monoisotopic (exact) mass is 425 g/mol. The van der Waals surface area contributed by atoms with Gasteiger partial charge in [0.15, 0.2) is 5.82 Å². The second kappa shape index (κ2) is 7.30. The summed E-state index contributed by atoms with van der Waals surface area (Å²) in [5.74, 6) is 0.827. The molecular weight excluding hydrogens is 407 g/mol. The normalized spacial score (nSPS) is 17.5. The Bertz CT molecular complexity index is 1130. The Balaban J connectivity index is 1.54. The number of aromatic nitrogens is 1. The molecule has 1 fully saturated rings. The van der Waals surface area contributed by atoms with E-state index in [9.17, 15) is 18.0 Å². The summed E-state index contributed by atoms with van der Waals surface area (Å²) in [7, 11) is 0. The molecule has 0 spiro atoms. The van der Waals surface area contributed by atoms with E-state index < -0.39 is 17.8 Å². The standard InChI is InChI=1S/C23H18F3N3O2/c24-23(25,26)16-6-4-5-15(13-16)19-9-10-20-21(27-19)29(17-11-12-28(20)14-17)22(30)31-18-7-2-1-3-8-18/h1-10,13,17H,11-12,14H2/t17-/m0/s1. The van der Waals surface area contributed by atoms with Gasteiger partial charge in [-0.05, 0) is 42.8 Å². The van der Waals surface area contributed by atoms with Gasteiger partial charge in [0.25, 0.3) is 0 Å². The highest BCUT2D eigenvalue weighted by molar-refractivity contribution is 5.95. The van der Waals surface area contributed by atoms with Gasteiger partial charge in [0, 0.05) is 18.7 Å². The van der Waals surface area contributed by atoms with Crippen LogP contribution in [0.5, 0.6) is 5.75 Å². The van der Waals surface area contributed by atoms with Gasteiger partial charge in [0.1, 0.15) is 5.75 Å². The molecule has 3 heterocycles. The van der Waals surface area contributed by atoms with E-state index in [1.807, 2.05) is 12.1 Å². The number of ether oxygens (including phenoxy) is 1. The van der Waals surface area contributed by atoms with Gasteiger partial charge >= 0.3 is 12.3 Å². The molecule has 2 aromatic carbocycles. The summed E-state index contributed by atoms with van der Waals surface area (Å²) in [6, 6.07) is 17.2. The predicted octanol–water partition coefficient (Wildman–Crippen LogP) is 5.37. The first-order chi connectivity index (χ1) is 14.9. The fraction of sp³-hybridized carbons (Fsp3) is 0.217. The third kappa shape index (κ3) is 3.58. The van der Waals surface area contributed by atoms with Crippen LogP contribution in [0.3, 0.4) is 0 Å². The largest absolute Gasteiger partial charge is 0.421 e. The maximum atomic E-state index is 13.1. The zero-order chi connectivity index (χ0) is 21.6. The summed E-state index contributed by atoms with van der Waals surface area (Å²) in [5.41, 5.74) is 0.731. The maximum absolute atomic E-state index is 13.1. The number of amides is 1. The summed E-state index contributed by atoms with van der Waals surface area (Å²) >= 11 is 0. The summed E-state index contributed by atoms with van der Waals surface area (Å²) in [6.07, 6.45) is -4.23. The first kappa shape index (κ1) is 19.4. The van der Waals surface area contributed by atoms with E-state index in [1.165, 1.54) is 11.0 Å². The van der Waals surface area contributed by atoms with Crippen molar-refractivity contribution < 1.29 is 22.7 Å². The maximum Gasteiger partial charge on any atom is 0.421 e. The summed E-state index contributed by atoms with van der Waals surface area (Å²) in [4.78, 5) is 21.3. The highest BCUT2D eigenvalue weighted by Crippen LogP contribution is 2.41. The zero-order valence-electron chi connectivity index (χ0n) is 16.3. The van der Waals surface area contributed by atoms with Gasteiger partial charge in [-0.1, -0.05) is 30.3 Å². The lowest BCUT2D eigenvalue weighted by molar-refractivity contribution is -0.137. The molecule has 0 unspecified atom stereocenters. The number of para-hydroxylation sites is 1. The van der Waals surface area contributed by atoms with Crippen LogP contribution in [0.2, 0.25) is 0 Å². The minimum absolute atomic E-state index is 0.104. The molecule has 1 amide bonds. The number of carbonyl (C=O) groups is 1. The van der Waals surface area contributed by atoms with Crippen molar-refractivity contribution in [3.63, 3.8) is 0 Å². The third-order valence-corrected chi connectivity index (χ3v) is 5.58. The zero-order valence-corrected chi connectivity index (χ0v) is 16.3. The summed E-state index contributed by atoms with van der Waals surface area (Å²) in [6.45, 7) is 1.44. The number of hydrogen-bond acceptors (Lipinski definition) is 4. The number of rotatable bonds is 2. The van der Waals surface area contributed by atoms with E-state index in [1.54, 1.807) is 36.4 Å². The molecule has 31 heavy (non-hydrogen) atoms. The molecule has 1 saturated heterocycles. The number of halogens is 3. The topological polar surface area (TPSA) is 45.7 Å².